The Balaban J connectivity index is 2.40. The van der Waals surface area contributed by atoms with E-state index >= 15 is 0 Å². The molecule has 0 aromatic heterocycles. The van der Waals surface area contributed by atoms with Gasteiger partial charge < -0.3 is 15.0 Å². The van der Waals surface area contributed by atoms with E-state index in [1.165, 1.54) is 0 Å². The average Bonchev–Trinajstić information content (AvgIpc) is 2.43. The van der Waals surface area contributed by atoms with Crippen LogP contribution >= 0.6 is 12.2 Å². The Morgan fingerprint density at radius 3 is 2.33 bits per heavy atom. The highest BCUT2D eigenvalue weighted by Crippen LogP contribution is 2.11. The molecule has 100 valence electrons. The van der Waals surface area contributed by atoms with Gasteiger partial charge in [-0.25, -0.2) is 0 Å². The molecular formula is C14H22N2OS. The van der Waals surface area contributed by atoms with Crippen molar-refractivity contribution in [2.75, 3.05) is 33.3 Å². The Hall–Kier alpha value is -1.13. The smallest absolute Gasteiger partial charge is 0.118 e. The summed E-state index contributed by atoms with van der Waals surface area (Å²) in [5, 5.41) is 3.28. The molecule has 0 saturated carbocycles. The minimum absolute atomic E-state index is 0.796. The lowest BCUT2D eigenvalue weighted by molar-refractivity contribution is 0.309. The van der Waals surface area contributed by atoms with E-state index < -0.39 is 0 Å². The highest BCUT2D eigenvalue weighted by molar-refractivity contribution is 7.80. The molecular weight excluding hydrogens is 244 g/mol. The van der Waals surface area contributed by atoms with Crippen molar-refractivity contribution in [2.24, 2.45) is 0 Å². The Labute approximate surface area is 115 Å². The van der Waals surface area contributed by atoms with Crippen molar-refractivity contribution in [3.63, 3.8) is 0 Å². The second-order valence-electron chi connectivity index (χ2n) is 4.01. The molecule has 0 unspecified atom stereocenters. The van der Waals surface area contributed by atoms with E-state index in [-0.39, 0.29) is 0 Å². The molecule has 1 aromatic carbocycles. The first-order valence-electron chi connectivity index (χ1n) is 6.35. The molecule has 1 N–H and O–H groups in total. The van der Waals surface area contributed by atoms with Crippen LogP contribution in [0, 0.1) is 0 Å². The number of hydrogen-bond acceptors (Lipinski definition) is 3. The maximum Gasteiger partial charge on any atom is 0.118 e. The summed E-state index contributed by atoms with van der Waals surface area (Å²) in [7, 11) is 1.66. The van der Waals surface area contributed by atoms with Gasteiger partial charge in [-0.15, -0.1) is 0 Å². The van der Waals surface area contributed by atoms with Crippen molar-refractivity contribution in [1.29, 1.82) is 0 Å². The molecule has 1 aromatic rings. The van der Waals surface area contributed by atoms with Gasteiger partial charge in [0.1, 0.15) is 10.7 Å². The maximum atomic E-state index is 5.35. The summed E-state index contributed by atoms with van der Waals surface area (Å²) in [6.45, 7) is 8.40. The monoisotopic (exact) mass is 266 g/mol. The third-order valence-corrected chi connectivity index (χ3v) is 3.34. The summed E-state index contributed by atoms with van der Waals surface area (Å²) in [6, 6.07) is 7.80. The Kier molecular flexibility index (Phi) is 6.68. The number of nitrogens with zero attached hydrogens (tertiary/aromatic N) is 1. The summed E-state index contributed by atoms with van der Waals surface area (Å²) in [5.41, 5.74) is 1.03. The normalized spacial score (nSPS) is 10.4. The summed E-state index contributed by atoms with van der Waals surface area (Å²) in [6.07, 6.45) is 0. The minimum atomic E-state index is 0.796. The minimum Gasteiger partial charge on any atom is -0.497 e. The fraction of sp³-hybridized carbons (Fsp3) is 0.500. The summed E-state index contributed by atoms with van der Waals surface area (Å²) < 4.78 is 5.12. The molecule has 0 radical (unpaired) electrons. The summed E-state index contributed by atoms with van der Waals surface area (Å²) >= 11 is 5.35. The van der Waals surface area contributed by atoms with Crippen LogP contribution in [0.4, 0.5) is 0 Å². The number of nitrogens with one attached hydrogen (secondary N) is 1. The highest BCUT2D eigenvalue weighted by Gasteiger charge is 2.02. The molecule has 0 aliphatic carbocycles. The van der Waals surface area contributed by atoms with E-state index in [2.05, 4.69) is 24.1 Å². The van der Waals surface area contributed by atoms with E-state index in [0.717, 1.165) is 42.5 Å². The Bertz CT molecular complexity index is 361. The summed E-state index contributed by atoms with van der Waals surface area (Å²) in [4.78, 5) is 3.16. The van der Waals surface area contributed by atoms with E-state index in [1.807, 2.05) is 24.3 Å². The molecule has 3 nitrogen and oxygen atoms in total. The van der Waals surface area contributed by atoms with Crippen LogP contribution in [0.3, 0.4) is 0 Å². The van der Waals surface area contributed by atoms with Gasteiger partial charge in [-0.05, 0) is 37.4 Å². The predicted octanol–water partition coefficient (Wildman–Crippen LogP) is 2.30. The summed E-state index contributed by atoms with van der Waals surface area (Å²) in [5.74, 6) is 0.852. The molecule has 0 aliphatic rings. The zero-order chi connectivity index (χ0) is 13.4. The van der Waals surface area contributed by atoms with E-state index in [1.54, 1.807) is 7.11 Å². The van der Waals surface area contributed by atoms with Crippen molar-refractivity contribution in [2.45, 2.75) is 13.8 Å². The maximum absolute atomic E-state index is 5.35. The molecule has 0 bridgehead atoms. The topological polar surface area (TPSA) is 24.5 Å². The fourth-order valence-electron chi connectivity index (χ4n) is 1.71. The van der Waals surface area contributed by atoms with E-state index in [9.17, 15) is 0 Å². The van der Waals surface area contributed by atoms with Crippen LogP contribution in [0.5, 0.6) is 5.75 Å². The van der Waals surface area contributed by atoms with Gasteiger partial charge >= 0.3 is 0 Å². The Morgan fingerprint density at radius 1 is 1.22 bits per heavy atom. The zero-order valence-electron chi connectivity index (χ0n) is 11.4. The quantitative estimate of drug-likeness (QED) is 0.765. The van der Waals surface area contributed by atoms with Gasteiger partial charge in [0.15, 0.2) is 0 Å². The molecule has 0 heterocycles. The van der Waals surface area contributed by atoms with Gasteiger partial charge in [0.25, 0.3) is 0 Å². The van der Waals surface area contributed by atoms with Crippen LogP contribution in [0.1, 0.15) is 19.4 Å². The second kappa shape index (κ2) is 8.06. The molecule has 0 atom stereocenters. The third-order valence-electron chi connectivity index (χ3n) is 2.96. The van der Waals surface area contributed by atoms with Gasteiger partial charge in [-0.3, -0.25) is 0 Å². The number of rotatable bonds is 7. The van der Waals surface area contributed by atoms with Gasteiger partial charge in [0.2, 0.25) is 0 Å². The molecule has 18 heavy (non-hydrogen) atoms. The SMILES string of the molecule is CCN(CC)CCNC(=S)c1ccc(OC)cc1. The number of benzene rings is 1. The predicted molar refractivity (Wildman–Crippen MR) is 80.5 cm³/mol. The molecule has 4 heteroatoms. The van der Waals surface area contributed by atoms with Crippen LogP contribution in [-0.4, -0.2) is 43.2 Å². The van der Waals surface area contributed by atoms with Gasteiger partial charge in [-0.1, -0.05) is 26.1 Å². The standard InChI is InChI=1S/C14H22N2OS/c1-4-16(5-2)11-10-15-14(18)12-6-8-13(17-3)9-7-12/h6-9H,4-5,10-11H2,1-3H3,(H,15,18). The number of hydrogen-bond donors (Lipinski definition) is 1. The van der Waals surface area contributed by atoms with E-state index in [4.69, 9.17) is 17.0 Å². The van der Waals surface area contributed by atoms with Gasteiger partial charge in [-0.2, -0.15) is 0 Å². The third kappa shape index (κ3) is 4.63. The second-order valence-corrected chi connectivity index (χ2v) is 4.42. The van der Waals surface area contributed by atoms with Gasteiger partial charge in [0.05, 0.1) is 7.11 Å². The molecule has 0 fully saturated rings. The lowest BCUT2D eigenvalue weighted by Crippen LogP contribution is -2.34. The van der Waals surface area contributed by atoms with Crippen molar-refractivity contribution in [1.82, 2.24) is 10.2 Å². The van der Waals surface area contributed by atoms with Crippen molar-refractivity contribution in [3.8, 4) is 5.75 Å². The van der Waals surface area contributed by atoms with E-state index in [0.29, 0.717) is 0 Å². The largest absolute Gasteiger partial charge is 0.497 e. The average molecular weight is 266 g/mol. The van der Waals surface area contributed by atoms with Crippen molar-refractivity contribution >= 4 is 17.2 Å². The van der Waals surface area contributed by atoms with Crippen LogP contribution in [0.25, 0.3) is 0 Å². The number of methoxy groups -OCH3 is 1. The Morgan fingerprint density at radius 2 is 1.83 bits per heavy atom. The van der Waals surface area contributed by atoms with Gasteiger partial charge in [0, 0.05) is 18.7 Å². The zero-order valence-corrected chi connectivity index (χ0v) is 12.2. The van der Waals surface area contributed by atoms with Crippen LogP contribution < -0.4 is 10.1 Å². The highest BCUT2D eigenvalue weighted by atomic mass is 32.1. The number of thiocarbonyl (C=S) groups is 1. The first-order chi connectivity index (χ1) is 8.71. The van der Waals surface area contributed by atoms with Crippen LogP contribution in [0.2, 0.25) is 0 Å². The van der Waals surface area contributed by atoms with Crippen molar-refractivity contribution < 1.29 is 4.74 Å². The van der Waals surface area contributed by atoms with Crippen molar-refractivity contribution in [3.05, 3.63) is 29.8 Å². The number of likely N-dealkylation sites (N-methyl/N-ethyl adjacent to an activating group) is 1. The fourth-order valence-corrected chi connectivity index (χ4v) is 1.95. The molecule has 0 saturated heterocycles. The molecule has 0 spiro atoms. The number of ether oxygens (including phenoxy) is 1. The first-order valence-corrected chi connectivity index (χ1v) is 6.76. The molecule has 0 aliphatic heterocycles. The first kappa shape index (κ1) is 14.9. The lowest BCUT2D eigenvalue weighted by Gasteiger charge is -2.18. The lowest BCUT2D eigenvalue weighted by atomic mass is 10.2. The molecule has 1 rings (SSSR count). The van der Waals surface area contributed by atoms with Crippen LogP contribution in [-0.2, 0) is 0 Å². The van der Waals surface area contributed by atoms with Crippen LogP contribution in [0.15, 0.2) is 24.3 Å². The molecule has 0 amide bonds.